The first-order valence-corrected chi connectivity index (χ1v) is 6.81. The Labute approximate surface area is 111 Å². The molecule has 0 radical (unpaired) electrons. The molecular weight excluding hydrogens is 222 g/mol. The normalized spacial score (nSPS) is 26.6. The first kappa shape index (κ1) is 13.6. The summed E-state index contributed by atoms with van der Waals surface area (Å²) in [5.41, 5.74) is 3.24. The van der Waals surface area contributed by atoms with E-state index in [-0.39, 0.29) is 0 Å². The van der Waals surface area contributed by atoms with Crippen LogP contribution in [-0.4, -0.2) is 38.8 Å². The molecule has 1 fully saturated rings. The third kappa shape index (κ3) is 2.93. The Hall–Kier alpha value is -0.860. The van der Waals surface area contributed by atoms with Crippen molar-refractivity contribution in [2.24, 2.45) is 5.92 Å². The molecule has 2 rings (SSSR count). The molecule has 100 valence electrons. The van der Waals surface area contributed by atoms with Gasteiger partial charge < -0.3 is 9.64 Å². The third-order valence-electron chi connectivity index (χ3n) is 4.33. The van der Waals surface area contributed by atoms with Crippen LogP contribution in [0.5, 0.6) is 0 Å². The molecule has 2 heteroatoms. The Morgan fingerprint density at radius 1 is 1.33 bits per heavy atom. The number of hydrogen-bond acceptors (Lipinski definition) is 2. The van der Waals surface area contributed by atoms with Gasteiger partial charge in [0.25, 0.3) is 0 Å². The average molecular weight is 247 g/mol. The second kappa shape index (κ2) is 5.41. The summed E-state index contributed by atoms with van der Waals surface area (Å²) >= 11 is 0. The predicted molar refractivity (Wildman–Crippen MR) is 76.0 cm³/mol. The van der Waals surface area contributed by atoms with E-state index in [0.29, 0.717) is 5.41 Å². The number of likely N-dealkylation sites (N-methyl/N-ethyl adjacent to an activating group) is 1. The zero-order valence-electron chi connectivity index (χ0n) is 12.1. The van der Waals surface area contributed by atoms with E-state index in [1.807, 2.05) is 0 Å². The molecule has 0 N–H and O–H groups in total. The van der Waals surface area contributed by atoms with E-state index >= 15 is 0 Å². The molecule has 2 nitrogen and oxygen atoms in total. The van der Waals surface area contributed by atoms with E-state index in [4.69, 9.17) is 4.74 Å². The van der Waals surface area contributed by atoms with Gasteiger partial charge in [-0.05, 0) is 37.3 Å². The Bertz CT molecular complexity index is 387. The van der Waals surface area contributed by atoms with Crippen LogP contribution in [0.2, 0.25) is 0 Å². The zero-order chi connectivity index (χ0) is 13.2. The Balaban J connectivity index is 1.90. The number of nitrogens with zero attached hydrogens (tertiary/aromatic N) is 1. The van der Waals surface area contributed by atoms with Crippen LogP contribution in [0.1, 0.15) is 24.5 Å². The van der Waals surface area contributed by atoms with Crippen LogP contribution in [-0.2, 0) is 10.2 Å². The van der Waals surface area contributed by atoms with Gasteiger partial charge in [-0.2, -0.15) is 0 Å². The lowest BCUT2D eigenvalue weighted by molar-refractivity contribution is 0.158. The molecule has 1 aliphatic carbocycles. The summed E-state index contributed by atoms with van der Waals surface area (Å²) in [4.78, 5) is 2.38. The minimum atomic E-state index is 0.398. The fourth-order valence-electron chi connectivity index (χ4n) is 2.72. The maximum absolute atomic E-state index is 5.12. The number of hydrogen-bond donors (Lipinski definition) is 0. The molecule has 0 spiro atoms. The van der Waals surface area contributed by atoms with Crippen LogP contribution >= 0.6 is 0 Å². The number of aryl methyl sites for hydroxylation is 1. The van der Waals surface area contributed by atoms with Gasteiger partial charge in [-0.25, -0.2) is 0 Å². The van der Waals surface area contributed by atoms with E-state index in [1.165, 1.54) is 24.1 Å². The molecule has 0 saturated heterocycles. The lowest BCUT2D eigenvalue weighted by atomic mass is 9.94. The lowest BCUT2D eigenvalue weighted by Gasteiger charge is -2.18. The topological polar surface area (TPSA) is 12.5 Å². The fourth-order valence-corrected chi connectivity index (χ4v) is 2.72. The highest BCUT2D eigenvalue weighted by molar-refractivity contribution is 5.34. The van der Waals surface area contributed by atoms with Gasteiger partial charge in [-0.1, -0.05) is 36.8 Å². The standard InChI is InChI=1S/C16H25NO/c1-13-5-7-14(8-6-13)16(2)11-15(16)12-17(3)9-10-18-4/h5-8,15H,9-12H2,1-4H3. The molecule has 0 heterocycles. The van der Waals surface area contributed by atoms with E-state index in [1.54, 1.807) is 7.11 Å². The summed E-state index contributed by atoms with van der Waals surface area (Å²) in [5.74, 6) is 0.794. The van der Waals surface area contributed by atoms with Crippen molar-refractivity contribution in [2.75, 3.05) is 33.9 Å². The summed E-state index contributed by atoms with van der Waals surface area (Å²) in [7, 11) is 3.95. The quantitative estimate of drug-likeness (QED) is 0.766. The fraction of sp³-hybridized carbons (Fsp3) is 0.625. The molecule has 0 amide bonds. The summed E-state index contributed by atoms with van der Waals surface area (Å²) in [5, 5.41) is 0. The van der Waals surface area contributed by atoms with Gasteiger partial charge in [0.15, 0.2) is 0 Å². The summed E-state index contributed by atoms with van der Waals surface area (Å²) in [6.07, 6.45) is 1.31. The highest BCUT2D eigenvalue weighted by atomic mass is 16.5. The van der Waals surface area contributed by atoms with Gasteiger partial charge in [-0.3, -0.25) is 0 Å². The highest BCUT2D eigenvalue weighted by Crippen LogP contribution is 2.54. The highest BCUT2D eigenvalue weighted by Gasteiger charge is 2.50. The van der Waals surface area contributed by atoms with E-state index < -0.39 is 0 Å². The van der Waals surface area contributed by atoms with E-state index in [2.05, 4.69) is 50.1 Å². The van der Waals surface area contributed by atoms with Gasteiger partial charge in [0.2, 0.25) is 0 Å². The first-order chi connectivity index (χ1) is 8.56. The SMILES string of the molecule is COCCN(C)CC1CC1(C)c1ccc(C)cc1. The van der Waals surface area contributed by atoms with Crippen molar-refractivity contribution in [1.82, 2.24) is 4.90 Å². The number of rotatable bonds is 6. The molecular formula is C16H25NO. The predicted octanol–water partition coefficient (Wildman–Crippen LogP) is 2.85. The molecule has 1 saturated carbocycles. The van der Waals surface area contributed by atoms with Crippen molar-refractivity contribution in [2.45, 2.75) is 25.7 Å². The third-order valence-corrected chi connectivity index (χ3v) is 4.33. The molecule has 2 atom stereocenters. The van der Waals surface area contributed by atoms with E-state index in [9.17, 15) is 0 Å². The average Bonchev–Trinajstić information content (AvgIpc) is 2.99. The molecule has 0 bridgehead atoms. The number of ether oxygens (including phenoxy) is 1. The van der Waals surface area contributed by atoms with Gasteiger partial charge >= 0.3 is 0 Å². The van der Waals surface area contributed by atoms with Crippen LogP contribution in [0.25, 0.3) is 0 Å². The molecule has 1 aromatic carbocycles. The van der Waals surface area contributed by atoms with Gasteiger partial charge in [0, 0.05) is 20.2 Å². The largest absolute Gasteiger partial charge is 0.383 e. The van der Waals surface area contributed by atoms with Crippen LogP contribution in [0.3, 0.4) is 0 Å². The van der Waals surface area contributed by atoms with Gasteiger partial charge in [0.1, 0.15) is 0 Å². The minimum Gasteiger partial charge on any atom is -0.383 e. The van der Waals surface area contributed by atoms with Crippen LogP contribution in [0.15, 0.2) is 24.3 Å². The summed E-state index contributed by atoms with van der Waals surface area (Å²) < 4.78 is 5.12. The summed E-state index contributed by atoms with van der Waals surface area (Å²) in [6, 6.07) is 9.05. The summed E-state index contributed by atoms with van der Waals surface area (Å²) in [6.45, 7) is 7.57. The molecule has 1 aliphatic rings. The van der Waals surface area contributed by atoms with Gasteiger partial charge in [-0.15, -0.1) is 0 Å². The van der Waals surface area contributed by atoms with E-state index in [0.717, 1.165) is 19.1 Å². The van der Waals surface area contributed by atoms with Crippen molar-refractivity contribution in [3.05, 3.63) is 35.4 Å². The van der Waals surface area contributed by atoms with Crippen LogP contribution in [0.4, 0.5) is 0 Å². The number of benzene rings is 1. The lowest BCUT2D eigenvalue weighted by Crippen LogP contribution is -2.26. The van der Waals surface area contributed by atoms with Crippen LogP contribution < -0.4 is 0 Å². The number of methoxy groups -OCH3 is 1. The minimum absolute atomic E-state index is 0.398. The maximum Gasteiger partial charge on any atom is 0.0589 e. The Morgan fingerprint density at radius 2 is 2.00 bits per heavy atom. The molecule has 18 heavy (non-hydrogen) atoms. The molecule has 0 aromatic heterocycles. The van der Waals surface area contributed by atoms with Crippen molar-refractivity contribution in [3.8, 4) is 0 Å². The Kier molecular flexibility index (Phi) is 4.08. The van der Waals surface area contributed by atoms with Crippen molar-refractivity contribution in [1.29, 1.82) is 0 Å². The second-order valence-electron chi connectivity index (χ2n) is 5.94. The zero-order valence-corrected chi connectivity index (χ0v) is 12.1. The van der Waals surface area contributed by atoms with Crippen molar-refractivity contribution in [3.63, 3.8) is 0 Å². The smallest absolute Gasteiger partial charge is 0.0589 e. The monoisotopic (exact) mass is 247 g/mol. The Morgan fingerprint density at radius 3 is 2.61 bits per heavy atom. The van der Waals surface area contributed by atoms with Crippen molar-refractivity contribution < 1.29 is 4.74 Å². The second-order valence-corrected chi connectivity index (χ2v) is 5.94. The molecule has 2 unspecified atom stereocenters. The molecule has 0 aliphatic heterocycles. The first-order valence-electron chi connectivity index (χ1n) is 6.81. The maximum atomic E-state index is 5.12. The van der Waals surface area contributed by atoms with Crippen LogP contribution in [0, 0.1) is 12.8 Å². The van der Waals surface area contributed by atoms with Gasteiger partial charge in [0.05, 0.1) is 6.61 Å². The van der Waals surface area contributed by atoms with Crippen molar-refractivity contribution >= 4 is 0 Å². The molecule has 1 aromatic rings.